The van der Waals surface area contributed by atoms with Crippen LogP contribution in [0.1, 0.15) is 143 Å². The van der Waals surface area contributed by atoms with Gasteiger partial charge in [-0.25, -0.2) is 0 Å². The molecule has 0 fully saturated rings. The molecule has 24 heavy (non-hydrogen) atoms. The number of rotatable bonds is 18. The van der Waals surface area contributed by atoms with E-state index >= 15 is 0 Å². The first-order valence-electron chi connectivity index (χ1n) is 11.4. The molecule has 0 aromatic heterocycles. The number of hydrogen-bond donors (Lipinski definition) is 0. The van der Waals surface area contributed by atoms with Gasteiger partial charge in [-0.15, -0.1) is 11.6 Å². The van der Waals surface area contributed by atoms with Gasteiger partial charge in [0.05, 0.1) is 0 Å². The van der Waals surface area contributed by atoms with Gasteiger partial charge in [0, 0.05) is 5.88 Å². The summed E-state index contributed by atoms with van der Waals surface area (Å²) in [4.78, 5) is 0. The summed E-state index contributed by atoms with van der Waals surface area (Å²) in [5.74, 6) is 0.844. The molecule has 0 bridgehead atoms. The molecule has 0 N–H and O–H groups in total. The molecule has 0 aliphatic carbocycles. The zero-order chi connectivity index (χ0) is 18.1. The lowest BCUT2D eigenvalue weighted by Gasteiger charge is -2.01. The summed E-state index contributed by atoms with van der Waals surface area (Å²) >= 11 is 5.61. The number of halogens is 1. The van der Waals surface area contributed by atoms with E-state index in [1.807, 2.05) is 0 Å². The first-order chi connectivity index (χ1) is 11.8. The smallest absolute Gasteiger partial charge is 0.0223 e. The van der Waals surface area contributed by atoms with Crippen LogP contribution in [0.4, 0.5) is 0 Å². The highest BCUT2D eigenvalue weighted by atomic mass is 35.5. The Morgan fingerprint density at radius 3 is 0.750 bits per heavy atom. The molecule has 0 saturated heterocycles. The van der Waals surface area contributed by atoms with Gasteiger partial charge in [-0.3, -0.25) is 0 Å². The van der Waals surface area contributed by atoms with Gasteiger partial charge in [0.1, 0.15) is 0 Å². The minimum absolute atomic E-state index is 0.844. The fourth-order valence-corrected chi connectivity index (χ4v) is 3.15. The summed E-state index contributed by atoms with van der Waals surface area (Å²) in [7, 11) is 0. The van der Waals surface area contributed by atoms with E-state index in [0.717, 1.165) is 5.88 Å². The Bertz CT molecular complexity index is 159. The van der Waals surface area contributed by atoms with Gasteiger partial charge >= 0.3 is 0 Å². The van der Waals surface area contributed by atoms with Crippen molar-refractivity contribution < 1.29 is 0 Å². The van der Waals surface area contributed by atoms with Crippen molar-refractivity contribution in [2.75, 3.05) is 5.88 Å². The van der Waals surface area contributed by atoms with E-state index in [-0.39, 0.29) is 0 Å². The molecule has 0 amide bonds. The van der Waals surface area contributed by atoms with Crippen LogP contribution in [-0.4, -0.2) is 5.88 Å². The van der Waals surface area contributed by atoms with E-state index in [1.165, 1.54) is 122 Å². The molecule has 0 aromatic rings. The van der Waals surface area contributed by atoms with Gasteiger partial charge < -0.3 is 0 Å². The van der Waals surface area contributed by atoms with Gasteiger partial charge in [-0.1, -0.05) is 136 Å². The first-order valence-corrected chi connectivity index (χ1v) is 11.9. The number of hydrogen-bond acceptors (Lipinski definition) is 0. The molecular formula is C23H49Cl. The Hall–Kier alpha value is 0.290. The summed E-state index contributed by atoms with van der Waals surface area (Å²) in [5.41, 5.74) is 0. The molecule has 0 aliphatic rings. The van der Waals surface area contributed by atoms with Crippen LogP contribution in [0.25, 0.3) is 0 Å². The number of unbranched alkanes of at least 4 members (excludes halogenated alkanes) is 17. The van der Waals surface area contributed by atoms with Crippen LogP contribution in [0.15, 0.2) is 0 Å². The largest absolute Gasteiger partial charge is 0.127 e. The maximum absolute atomic E-state index is 5.61. The lowest BCUT2D eigenvalue weighted by Crippen LogP contribution is -1.82. The van der Waals surface area contributed by atoms with E-state index in [1.54, 1.807) is 0 Å². The van der Waals surface area contributed by atoms with Gasteiger partial charge in [-0.2, -0.15) is 0 Å². The fraction of sp³-hybridized carbons (Fsp3) is 1.00. The van der Waals surface area contributed by atoms with Gasteiger partial charge in [0.2, 0.25) is 0 Å². The van der Waals surface area contributed by atoms with Crippen LogP contribution >= 0.6 is 11.6 Å². The summed E-state index contributed by atoms with van der Waals surface area (Å²) in [6.07, 6.45) is 26.8. The van der Waals surface area contributed by atoms with Crippen molar-refractivity contribution in [1.82, 2.24) is 0 Å². The quantitative estimate of drug-likeness (QED) is 0.168. The van der Waals surface area contributed by atoms with Crippen molar-refractivity contribution in [2.45, 2.75) is 143 Å². The van der Waals surface area contributed by atoms with E-state index in [9.17, 15) is 0 Å². The van der Waals surface area contributed by atoms with Crippen LogP contribution in [0.2, 0.25) is 0 Å². The van der Waals surface area contributed by atoms with E-state index in [4.69, 9.17) is 11.6 Å². The SMILES string of the molecule is CCCCCCCCCC.CCCCCCCCCCCCCCl. The van der Waals surface area contributed by atoms with Crippen LogP contribution in [0.3, 0.4) is 0 Å². The second-order valence-electron chi connectivity index (χ2n) is 7.35. The van der Waals surface area contributed by atoms with Crippen LogP contribution in [0.5, 0.6) is 0 Å². The summed E-state index contributed by atoms with van der Waals surface area (Å²) in [5, 5.41) is 0. The zero-order valence-corrected chi connectivity index (χ0v) is 18.3. The first kappa shape index (κ1) is 26.5. The van der Waals surface area contributed by atoms with Crippen molar-refractivity contribution in [3.63, 3.8) is 0 Å². The Morgan fingerprint density at radius 1 is 0.333 bits per heavy atom. The predicted octanol–water partition coefficient (Wildman–Crippen LogP) is 9.68. The standard InChI is InChI=1S/C13H27Cl.C10H22/c1-2-3-4-5-6-7-8-9-10-11-12-13-14;1-3-5-7-9-10-8-6-4-2/h2-13H2,1H3;3-10H2,1-2H3. The van der Waals surface area contributed by atoms with Crippen LogP contribution in [0, 0.1) is 0 Å². The Kier molecular flexibility index (Phi) is 31.1. The second kappa shape index (κ2) is 28.1. The van der Waals surface area contributed by atoms with Crippen molar-refractivity contribution in [3.8, 4) is 0 Å². The molecule has 0 spiro atoms. The zero-order valence-electron chi connectivity index (χ0n) is 17.5. The van der Waals surface area contributed by atoms with Crippen molar-refractivity contribution >= 4 is 11.6 Å². The molecule has 0 radical (unpaired) electrons. The lowest BCUT2D eigenvalue weighted by molar-refractivity contribution is 0.555. The molecule has 0 nitrogen and oxygen atoms in total. The molecular weight excluding hydrogens is 312 g/mol. The Balaban J connectivity index is 0. The maximum atomic E-state index is 5.61. The molecule has 148 valence electrons. The van der Waals surface area contributed by atoms with Gasteiger partial charge in [-0.05, 0) is 6.42 Å². The lowest BCUT2D eigenvalue weighted by atomic mass is 10.1. The molecule has 0 saturated carbocycles. The third-order valence-electron chi connectivity index (χ3n) is 4.69. The molecule has 0 aromatic carbocycles. The Morgan fingerprint density at radius 2 is 0.542 bits per heavy atom. The van der Waals surface area contributed by atoms with Gasteiger partial charge in [0.25, 0.3) is 0 Å². The molecule has 0 rings (SSSR count). The highest BCUT2D eigenvalue weighted by Gasteiger charge is 1.92. The molecule has 0 atom stereocenters. The highest BCUT2D eigenvalue weighted by molar-refractivity contribution is 6.17. The molecule has 1 heteroatoms. The minimum Gasteiger partial charge on any atom is -0.127 e. The monoisotopic (exact) mass is 360 g/mol. The Labute approximate surface area is 160 Å². The normalized spacial score (nSPS) is 10.5. The average Bonchev–Trinajstić information content (AvgIpc) is 2.60. The second-order valence-corrected chi connectivity index (χ2v) is 7.72. The number of alkyl halides is 1. The van der Waals surface area contributed by atoms with E-state index in [0.29, 0.717) is 0 Å². The van der Waals surface area contributed by atoms with E-state index in [2.05, 4.69) is 20.8 Å². The van der Waals surface area contributed by atoms with Crippen LogP contribution < -0.4 is 0 Å². The highest BCUT2D eigenvalue weighted by Crippen LogP contribution is 2.11. The molecule has 0 heterocycles. The fourth-order valence-electron chi connectivity index (χ4n) is 2.97. The summed E-state index contributed by atoms with van der Waals surface area (Å²) < 4.78 is 0. The average molecular weight is 361 g/mol. The minimum atomic E-state index is 0.844. The van der Waals surface area contributed by atoms with Crippen molar-refractivity contribution in [3.05, 3.63) is 0 Å². The van der Waals surface area contributed by atoms with Gasteiger partial charge in [0.15, 0.2) is 0 Å². The van der Waals surface area contributed by atoms with E-state index < -0.39 is 0 Å². The predicted molar refractivity (Wildman–Crippen MR) is 115 cm³/mol. The third-order valence-corrected chi connectivity index (χ3v) is 4.96. The summed E-state index contributed by atoms with van der Waals surface area (Å²) in [6.45, 7) is 6.81. The summed E-state index contributed by atoms with van der Waals surface area (Å²) in [6, 6.07) is 0. The van der Waals surface area contributed by atoms with Crippen LogP contribution in [-0.2, 0) is 0 Å². The molecule has 0 unspecified atom stereocenters. The topological polar surface area (TPSA) is 0 Å². The molecule has 0 aliphatic heterocycles. The third kappa shape index (κ3) is 30.2. The van der Waals surface area contributed by atoms with Crippen molar-refractivity contribution in [2.24, 2.45) is 0 Å². The maximum Gasteiger partial charge on any atom is 0.0223 e. The van der Waals surface area contributed by atoms with Crippen molar-refractivity contribution in [1.29, 1.82) is 0 Å².